The Morgan fingerprint density at radius 2 is 0.691 bits per heavy atom. The van der Waals surface area contributed by atoms with E-state index in [0.717, 1.165) is 44.9 Å². The van der Waals surface area contributed by atoms with E-state index in [2.05, 4.69) is 264 Å². The highest BCUT2D eigenvalue weighted by atomic mass is 15.3. The minimum absolute atomic E-state index is 0.939. The van der Waals surface area contributed by atoms with Crippen molar-refractivity contribution in [3.05, 3.63) is 261 Å². The molecule has 0 saturated carbocycles. The van der Waals surface area contributed by atoms with E-state index in [9.17, 15) is 0 Å². The highest BCUT2D eigenvalue weighted by molar-refractivity contribution is 6.12. The lowest BCUT2D eigenvalue weighted by atomic mass is 9.95. The Morgan fingerprint density at radius 1 is 0.265 bits per heavy atom. The van der Waals surface area contributed by atoms with E-state index in [1.54, 1.807) is 0 Å². The number of rotatable bonds is 8. The van der Waals surface area contributed by atoms with Gasteiger partial charge in [0.15, 0.2) is 0 Å². The molecule has 68 heavy (non-hydrogen) atoms. The molecule has 11 aromatic carbocycles. The Bertz CT molecular complexity index is 3780. The zero-order chi connectivity index (χ0) is 45.0. The van der Waals surface area contributed by atoms with Crippen molar-refractivity contribution >= 4 is 43.4 Å². The maximum Gasteiger partial charge on any atom is 0.0934 e. The van der Waals surface area contributed by atoms with Gasteiger partial charge in [0, 0.05) is 27.6 Å². The molecule has 13 aromatic rings. The molecule has 2 heterocycles. The first-order valence-corrected chi connectivity index (χ1v) is 23.3. The average Bonchev–Trinajstić information content (AvgIpc) is 4.01. The van der Waals surface area contributed by atoms with Gasteiger partial charge in [-0.15, -0.1) is 0 Å². The summed E-state index contributed by atoms with van der Waals surface area (Å²) in [6.07, 6.45) is 0. The van der Waals surface area contributed by atoms with Crippen LogP contribution in [0.25, 0.3) is 122 Å². The molecule has 0 fully saturated rings. The number of hydrogen-bond acceptors (Lipinski definition) is 1. The molecule has 0 N–H and O–H groups in total. The Balaban J connectivity index is 0.921. The Kier molecular flexibility index (Phi) is 9.50. The minimum atomic E-state index is 0.939. The summed E-state index contributed by atoms with van der Waals surface area (Å²) in [4.78, 5) is 0. The fraction of sp³-hybridized carbons (Fsp3) is 0. The Hall–Kier alpha value is -9.05. The van der Waals surface area contributed by atoms with Gasteiger partial charge in [-0.05, 0) is 121 Å². The van der Waals surface area contributed by atoms with Crippen molar-refractivity contribution in [2.75, 3.05) is 0 Å². The van der Waals surface area contributed by atoms with Crippen LogP contribution in [0.1, 0.15) is 0 Å². The fourth-order valence-electron chi connectivity index (χ4n) is 10.2. The van der Waals surface area contributed by atoms with Crippen LogP contribution >= 0.6 is 0 Å². The van der Waals surface area contributed by atoms with E-state index in [-0.39, 0.29) is 0 Å². The molecule has 0 unspecified atom stereocenters. The van der Waals surface area contributed by atoms with Crippen molar-refractivity contribution in [1.82, 2.24) is 14.3 Å². The first kappa shape index (κ1) is 39.3. The molecule has 0 atom stereocenters. The fourth-order valence-corrected chi connectivity index (χ4v) is 10.2. The molecule has 0 aliphatic heterocycles. The van der Waals surface area contributed by atoms with Crippen molar-refractivity contribution in [3.8, 4) is 78.4 Å². The van der Waals surface area contributed by atoms with Crippen LogP contribution in [0.4, 0.5) is 0 Å². The van der Waals surface area contributed by atoms with Crippen LogP contribution in [0.5, 0.6) is 0 Å². The summed E-state index contributed by atoms with van der Waals surface area (Å²) in [5, 5.41) is 12.6. The van der Waals surface area contributed by atoms with Gasteiger partial charge in [0.25, 0.3) is 0 Å². The number of aromatic nitrogens is 3. The average molecular weight is 866 g/mol. The summed E-state index contributed by atoms with van der Waals surface area (Å²) in [7, 11) is 0. The predicted molar refractivity (Wildman–Crippen MR) is 286 cm³/mol. The minimum Gasteiger partial charge on any atom is -0.309 e. The van der Waals surface area contributed by atoms with Gasteiger partial charge in [-0.25, -0.2) is 4.68 Å². The van der Waals surface area contributed by atoms with E-state index in [4.69, 9.17) is 5.10 Å². The molecule has 318 valence electrons. The summed E-state index contributed by atoms with van der Waals surface area (Å²) in [6, 6.07) is 94.3. The molecule has 0 aliphatic carbocycles. The highest BCUT2D eigenvalue weighted by Gasteiger charge is 2.18. The lowest BCUT2D eigenvalue weighted by molar-refractivity contribution is 0.891. The van der Waals surface area contributed by atoms with E-state index in [1.807, 2.05) is 6.07 Å². The van der Waals surface area contributed by atoms with E-state index in [0.29, 0.717) is 0 Å². The molecule has 2 aromatic heterocycles. The smallest absolute Gasteiger partial charge is 0.0934 e. The molecule has 0 amide bonds. The van der Waals surface area contributed by atoms with Gasteiger partial charge >= 0.3 is 0 Å². The molecule has 0 radical (unpaired) electrons. The van der Waals surface area contributed by atoms with Crippen molar-refractivity contribution in [2.45, 2.75) is 0 Å². The lowest BCUT2D eigenvalue weighted by Crippen LogP contribution is -2.00. The van der Waals surface area contributed by atoms with Crippen LogP contribution in [-0.4, -0.2) is 14.3 Å². The Morgan fingerprint density at radius 3 is 1.22 bits per heavy atom. The molecule has 0 spiro atoms. The summed E-state index contributed by atoms with van der Waals surface area (Å²) >= 11 is 0. The van der Waals surface area contributed by atoms with Gasteiger partial charge in [-0.1, -0.05) is 206 Å². The zero-order valence-electron chi connectivity index (χ0n) is 37.2. The number of hydrogen-bond donors (Lipinski definition) is 0. The monoisotopic (exact) mass is 865 g/mol. The lowest BCUT2D eigenvalue weighted by Gasteiger charge is -2.12. The van der Waals surface area contributed by atoms with Crippen molar-refractivity contribution in [1.29, 1.82) is 0 Å². The normalized spacial score (nSPS) is 11.5. The molecule has 0 bridgehead atoms. The van der Waals surface area contributed by atoms with Crippen molar-refractivity contribution < 1.29 is 0 Å². The maximum atomic E-state index is 5.18. The van der Waals surface area contributed by atoms with Crippen LogP contribution in [-0.2, 0) is 0 Å². The predicted octanol–water partition coefficient (Wildman–Crippen LogP) is 17.3. The van der Waals surface area contributed by atoms with E-state index in [1.165, 1.54) is 76.8 Å². The second-order valence-corrected chi connectivity index (χ2v) is 17.6. The number of nitrogens with zero attached hydrogens (tertiary/aromatic N) is 3. The summed E-state index contributed by atoms with van der Waals surface area (Å²) in [5.41, 5.74) is 18.2. The van der Waals surface area contributed by atoms with Gasteiger partial charge in [-0.3, -0.25) is 0 Å². The van der Waals surface area contributed by atoms with Crippen LogP contribution in [0.3, 0.4) is 0 Å². The van der Waals surface area contributed by atoms with Crippen molar-refractivity contribution in [3.63, 3.8) is 0 Å². The zero-order valence-corrected chi connectivity index (χ0v) is 37.2. The first-order chi connectivity index (χ1) is 33.7. The molecule has 3 nitrogen and oxygen atoms in total. The van der Waals surface area contributed by atoms with Gasteiger partial charge < -0.3 is 4.57 Å². The summed E-state index contributed by atoms with van der Waals surface area (Å²) in [6.45, 7) is 0. The molecule has 0 aliphatic rings. The third kappa shape index (κ3) is 6.88. The standard InChI is InChI=1S/C65H43N3/c1-3-15-50(16-4-1)62-43-65(51-17-5-2-6-18-51)68(66-62)55-37-35-54(36-38-55)67-63-39-33-52(44-25-29-48(30-26-44)58-23-11-19-46-13-7-9-21-56(46)58)41-60(63)61-42-53(34-40-64(61)67)45-27-31-49(32-28-45)59-24-12-20-47-14-8-10-22-57(47)59/h1-43H. The second kappa shape index (κ2) is 16.4. The van der Waals surface area contributed by atoms with E-state index < -0.39 is 0 Å². The third-order valence-corrected chi connectivity index (χ3v) is 13.6. The van der Waals surface area contributed by atoms with Gasteiger partial charge in [-0.2, -0.15) is 5.10 Å². The van der Waals surface area contributed by atoms with Gasteiger partial charge in [0.1, 0.15) is 0 Å². The molecule has 3 heteroatoms. The third-order valence-electron chi connectivity index (χ3n) is 13.6. The van der Waals surface area contributed by atoms with Crippen LogP contribution in [0.2, 0.25) is 0 Å². The largest absolute Gasteiger partial charge is 0.309 e. The molecular formula is C65H43N3. The SMILES string of the molecule is c1ccc(-c2cc(-c3ccccc3)n(-c3ccc(-n4c5ccc(-c6ccc(-c7cccc8ccccc78)cc6)cc5c5cc(-c6ccc(-c7cccc8ccccc78)cc6)ccc54)cc3)n2)cc1. The molecule has 0 saturated heterocycles. The second-order valence-electron chi connectivity index (χ2n) is 17.6. The first-order valence-electron chi connectivity index (χ1n) is 23.3. The summed E-state index contributed by atoms with van der Waals surface area (Å²) < 4.78 is 4.48. The highest BCUT2D eigenvalue weighted by Crippen LogP contribution is 2.39. The van der Waals surface area contributed by atoms with Gasteiger partial charge in [0.05, 0.1) is 28.1 Å². The topological polar surface area (TPSA) is 22.8 Å². The van der Waals surface area contributed by atoms with Crippen LogP contribution in [0.15, 0.2) is 261 Å². The molecule has 13 rings (SSSR count). The van der Waals surface area contributed by atoms with Crippen molar-refractivity contribution in [2.24, 2.45) is 0 Å². The maximum absolute atomic E-state index is 5.18. The Labute approximate surface area is 395 Å². The van der Waals surface area contributed by atoms with Gasteiger partial charge in [0.2, 0.25) is 0 Å². The van der Waals surface area contributed by atoms with E-state index >= 15 is 0 Å². The number of benzene rings is 11. The number of fused-ring (bicyclic) bond motifs is 5. The summed E-state index contributed by atoms with van der Waals surface area (Å²) in [5.74, 6) is 0. The molecular weight excluding hydrogens is 823 g/mol. The quantitative estimate of drug-likeness (QED) is 0.149. The van der Waals surface area contributed by atoms with Crippen LogP contribution in [0, 0.1) is 0 Å². The van der Waals surface area contributed by atoms with Crippen LogP contribution < -0.4 is 0 Å².